The molecule has 0 saturated carbocycles. The maximum absolute atomic E-state index is 10.5. The van der Waals surface area contributed by atoms with Crippen LogP contribution in [0.2, 0.25) is 0 Å². The Kier molecular flexibility index (Phi) is 3.97. The quantitative estimate of drug-likeness (QED) is 0.744. The number of hydrogen-bond acceptors (Lipinski definition) is 4. The summed E-state index contributed by atoms with van der Waals surface area (Å²) in [5, 5.41) is 0. The van der Waals surface area contributed by atoms with Gasteiger partial charge in [0.1, 0.15) is 5.76 Å². The van der Waals surface area contributed by atoms with Crippen molar-refractivity contribution < 1.29 is 9.21 Å². The van der Waals surface area contributed by atoms with Crippen LogP contribution in [-0.2, 0) is 6.54 Å². The van der Waals surface area contributed by atoms with Crippen molar-refractivity contribution in [2.24, 2.45) is 0 Å². The van der Waals surface area contributed by atoms with Crippen molar-refractivity contribution in [1.82, 2.24) is 9.80 Å². The highest BCUT2D eigenvalue weighted by Gasteiger charge is 2.22. The highest BCUT2D eigenvalue weighted by atomic mass is 16.3. The van der Waals surface area contributed by atoms with E-state index in [0.717, 1.165) is 44.8 Å². The van der Waals surface area contributed by atoms with E-state index in [0.29, 0.717) is 11.8 Å². The molecule has 4 heteroatoms. The number of nitrogens with zero attached hydrogens (tertiary/aromatic N) is 2. The van der Waals surface area contributed by atoms with Gasteiger partial charge < -0.3 is 4.42 Å². The fraction of sp³-hybridized carbons (Fsp3) is 0.615. The van der Waals surface area contributed by atoms with Crippen molar-refractivity contribution >= 4 is 6.29 Å². The molecule has 0 bridgehead atoms. The molecule has 17 heavy (non-hydrogen) atoms. The Balaban J connectivity index is 1.90. The lowest BCUT2D eigenvalue weighted by atomic mass is 10.2. The molecule has 1 fully saturated rings. The summed E-state index contributed by atoms with van der Waals surface area (Å²) in [6.45, 7) is 9.61. The molecule has 1 saturated heterocycles. The van der Waals surface area contributed by atoms with Crippen LogP contribution < -0.4 is 0 Å². The van der Waals surface area contributed by atoms with Crippen LogP contribution in [0.4, 0.5) is 0 Å². The molecular formula is C13H20N2O2. The van der Waals surface area contributed by atoms with Crippen molar-refractivity contribution in [1.29, 1.82) is 0 Å². The number of carbonyl (C=O) groups is 1. The molecule has 2 rings (SSSR count). The van der Waals surface area contributed by atoms with Gasteiger partial charge in [0.25, 0.3) is 0 Å². The predicted octanol–water partition coefficient (Wildman–Crippen LogP) is 1.62. The van der Waals surface area contributed by atoms with Gasteiger partial charge in [0.05, 0.1) is 6.54 Å². The van der Waals surface area contributed by atoms with Crippen LogP contribution in [0.25, 0.3) is 0 Å². The largest absolute Gasteiger partial charge is 0.457 e. The summed E-state index contributed by atoms with van der Waals surface area (Å²) in [5.74, 6) is 1.30. The summed E-state index contributed by atoms with van der Waals surface area (Å²) in [4.78, 5) is 15.4. The molecule has 0 spiro atoms. The molecule has 1 aromatic rings. The lowest BCUT2D eigenvalue weighted by Crippen LogP contribution is -2.51. The molecule has 94 valence electrons. The molecule has 0 aliphatic carbocycles. The zero-order valence-electron chi connectivity index (χ0n) is 10.6. The van der Waals surface area contributed by atoms with Crippen molar-refractivity contribution in [3.8, 4) is 0 Å². The third-order valence-electron chi connectivity index (χ3n) is 3.43. The van der Waals surface area contributed by atoms with Gasteiger partial charge in [-0.15, -0.1) is 0 Å². The Bertz CT molecular complexity index is 375. The minimum Gasteiger partial charge on any atom is -0.457 e. The van der Waals surface area contributed by atoms with Crippen LogP contribution in [0.1, 0.15) is 30.2 Å². The van der Waals surface area contributed by atoms with E-state index >= 15 is 0 Å². The van der Waals surface area contributed by atoms with E-state index in [2.05, 4.69) is 23.6 Å². The number of aldehydes is 1. The third kappa shape index (κ3) is 2.96. The van der Waals surface area contributed by atoms with E-state index < -0.39 is 0 Å². The summed E-state index contributed by atoms with van der Waals surface area (Å²) in [6.07, 6.45) is 0.751. The summed E-state index contributed by atoms with van der Waals surface area (Å²) in [5.41, 5.74) is 0. The molecular weight excluding hydrogens is 216 g/mol. The first kappa shape index (κ1) is 12.3. The first-order chi connectivity index (χ1) is 8.22. The molecule has 2 heterocycles. The summed E-state index contributed by atoms with van der Waals surface area (Å²) >= 11 is 0. The average molecular weight is 236 g/mol. The number of carbonyl (C=O) groups excluding carboxylic acids is 1. The lowest BCUT2D eigenvalue weighted by molar-refractivity contribution is 0.0785. The molecule has 0 radical (unpaired) electrons. The van der Waals surface area contributed by atoms with Gasteiger partial charge in [-0.1, -0.05) is 6.92 Å². The molecule has 1 unspecified atom stereocenters. The van der Waals surface area contributed by atoms with Gasteiger partial charge in [-0.25, -0.2) is 0 Å². The average Bonchev–Trinajstić information content (AvgIpc) is 2.77. The summed E-state index contributed by atoms with van der Waals surface area (Å²) in [6, 6.07) is 4.21. The second kappa shape index (κ2) is 5.47. The fourth-order valence-corrected chi connectivity index (χ4v) is 2.45. The zero-order valence-corrected chi connectivity index (χ0v) is 10.6. The van der Waals surface area contributed by atoms with Gasteiger partial charge in [0.15, 0.2) is 12.0 Å². The highest BCUT2D eigenvalue weighted by molar-refractivity contribution is 5.70. The topological polar surface area (TPSA) is 36.7 Å². The van der Waals surface area contributed by atoms with Crippen molar-refractivity contribution in [3.05, 3.63) is 23.7 Å². The Morgan fingerprint density at radius 2 is 2.29 bits per heavy atom. The second-order valence-electron chi connectivity index (χ2n) is 4.63. The number of likely N-dealkylation sites (N-methyl/N-ethyl adjacent to an activating group) is 1. The molecule has 1 atom stereocenters. The second-order valence-corrected chi connectivity index (χ2v) is 4.63. The first-order valence-electron chi connectivity index (χ1n) is 6.23. The van der Waals surface area contributed by atoms with E-state index in [1.807, 2.05) is 6.07 Å². The Hall–Kier alpha value is -1.13. The van der Waals surface area contributed by atoms with Crippen LogP contribution in [-0.4, -0.2) is 48.3 Å². The van der Waals surface area contributed by atoms with Crippen LogP contribution in [0, 0.1) is 0 Å². The van der Waals surface area contributed by atoms with E-state index in [1.54, 1.807) is 6.07 Å². The third-order valence-corrected chi connectivity index (χ3v) is 3.43. The summed E-state index contributed by atoms with van der Waals surface area (Å²) in [7, 11) is 0. The highest BCUT2D eigenvalue weighted by Crippen LogP contribution is 2.14. The standard InChI is InChI=1S/C13H20N2O2/c1-3-15-7-6-14(8-11(15)2)9-12-4-5-13(10-16)17-12/h4-5,10-11H,3,6-9H2,1-2H3. The molecule has 0 amide bonds. The summed E-state index contributed by atoms with van der Waals surface area (Å²) < 4.78 is 5.40. The number of rotatable bonds is 4. The van der Waals surface area contributed by atoms with E-state index in [4.69, 9.17) is 4.42 Å². The zero-order chi connectivity index (χ0) is 12.3. The van der Waals surface area contributed by atoms with Crippen molar-refractivity contribution in [3.63, 3.8) is 0 Å². The predicted molar refractivity (Wildman–Crippen MR) is 66.1 cm³/mol. The minimum absolute atomic E-state index is 0.417. The first-order valence-corrected chi connectivity index (χ1v) is 6.23. The van der Waals surface area contributed by atoms with Crippen molar-refractivity contribution in [2.75, 3.05) is 26.2 Å². The maximum Gasteiger partial charge on any atom is 0.185 e. The molecule has 0 N–H and O–H groups in total. The van der Waals surface area contributed by atoms with E-state index in [1.165, 1.54) is 0 Å². The number of hydrogen-bond donors (Lipinski definition) is 0. The fourth-order valence-electron chi connectivity index (χ4n) is 2.45. The van der Waals surface area contributed by atoms with Gasteiger partial charge in [-0.05, 0) is 25.6 Å². The number of piperazine rings is 1. The van der Waals surface area contributed by atoms with Crippen LogP contribution in [0.3, 0.4) is 0 Å². The van der Waals surface area contributed by atoms with Crippen molar-refractivity contribution in [2.45, 2.75) is 26.4 Å². The Morgan fingerprint density at radius 3 is 2.88 bits per heavy atom. The van der Waals surface area contributed by atoms with Gasteiger partial charge in [-0.3, -0.25) is 14.6 Å². The van der Waals surface area contributed by atoms with Crippen LogP contribution in [0.15, 0.2) is 16.5 Å². The molecule has 1 aliphatic heterocycles. The van der Waals surface area contributed by atoms with E-state index in [9.17, 15) is 4.79 Å². The molecule has 1 aliphatic rings. The Labute approximate surface area is 102 Å². The Morgan fingerprint density at radius 1 is 1.47 bits per heavy atom. The van der Waals surface area contributed by atoms with Crippen LogP contribution in [0.5, 0.6) is 0 Å². The lowest BCUT2D eigenvalue weighted by Gasteiger charge is -2.38. The van der Waals surface area contributed by atoms with Gasteiger partial charge >= 0.3 is 0 Å². The maximum atomic E-state index is 10.5. The minimum atomic E-state index is 0.417. The number of furan rings is 1. The SMILES string of the molecule is CCN1CCN(Cc2ccc(C=O)o2)CC1C. The van der Waals surface area contributed by atoms with E-state index in [-0.39, 0.29) is 0 Å². The van der Waals surface area contributed by atoms with Gasteiger partial charge in [0, 0.05) is 25.7 Å². The molecule has 4 nitrogen and oxygen atoms in total. The monoisotopic (exact) mass is 236 g/mol. The van der Waals surface area contributed by atoms with Crippen LogP contribution >= 0.6 is 0 Å². The van der Waals surface area contributed by atoms with Gasteiger partial charge in [0.2, 0.25) is 0 Å². The van der Waals surface area contributed by atoms with Gasteiger partial charge in [-0.2, -0.15) is 0 Å². The normalized spacial score (nSPS) is 22.8. The molecule has 1 aromatic heterocycles. The molecule has 0 aromatic carbocycles. The smallest absolute Gasteiger partial charge is 0.185 e.